The molecule has 2 amide bonds. The van der Waals surface area contributed by atoms with Crippen LogP contribution in [0.3, 0.4) is 0 Å². The summed E-state index contributed by atoms with van der Waals surface area (Å²) in [6.07, 6.45) is 4.40. The number of nitrogens with zero attached hydrogens (tertiary/aromatic N) is 2. The van der Waals surface area contributed by atoms with Gasteiger partial charge in [0.05, 0.1) is 6.54 Å². The van der Waals surface area contributed by atoms with Gasteiger partial charge in [0.15, 0.2) is 0 Å². The van der Waals surface area contributed by atoms with Crippen molar-refractivity contribution in [3.8, 4) is 0 Å². The van der Waals surface area contributed by atoms with E-state index in [0.717, 1.165) is 28.9 Å². The molecule has 1 saturated heterocycles. The van der Waals surface area contributed by atoms with E-state index in [1.54, 1.807) is 11.3 Å². The molecule has 0 bridgehead atoms. The Morgan fingerprint density at radius 2 is 2.27 bits per heavy atom. The van der Waals surface area contributed by atoms with Crippen molar-refractivity contribution in [2.45, 2.75) is 52.6 Å². The number of nitrogens with one attached hydrogen (secondary N) is 2. The molecule has 1 atom stereocenters. The van der Waals surface area contributed by atoms with Crippen molar-refractivity contribution in [2.75, 3.05) is 19.6 Å². The summed E-state index contributed by atoms with van der Waals surface area (Å²) >= 11 is 1.61. The summed E-state index contributed by atoms with van der Waals surface area (Å²) in [5, 5.41) is 6.81. The summed E-state index contributed by atoms with van der Waals surface area (Å²) in [7, 11) is 0. The van der Waals surface area contributed by atoms with Crippen LogP contribution in [0.2, 0.25) is 0 Å². The molecule has 5 nitrogen and oxygen atoms in total. The van der Waals surface area contributed by atoms with Crippen LogP contribution in [0, 0.1) is 12.8 Å². The van der Waals surface area contributed by atoms with E-state index in [2.05, 4.69) is 41.3 Å². The van der Waals surface area contributed by atoms with Gasteiger partial charge in [-0.1, -0.05) is 6.92 Å². The molecule has 1 aromatic heterocycles. The molecule has 124 valence electrons. The average molecular weight is 324 g/mol. The Labute approximate surface area is 137 Å². The number of hydrogen-bond acceptors (Lipinski definition) is 4. The Balaban J connectivity index is 1.74. The monoisotopic (exact) mass is 324 g/mol. The maximum Gasteiger partial charge on any atom is 0.315 e. The normalized spacial score (nSPS) is 19.9. The number of likely N-dealkylation sites (tertiary alicyclic amines) is 1. The molecule has 6 heteroatoms. The predicted molar refractivity (Wildman–Crippen MR) is 91.1 cm³/mol. The summed E-state index contributed by atoms with van der Waals surface area (Å²) in [6.45, 7) is 12.1. The number of piperidine rings is 1. The molecule has 0 spiro atoms. The fraction of sp³-hybridized carbons (Fsp3) is 0.750. The van der Waals surface area contributed by atoms with Crippen molar-refractivity contribution >= 4 is 17.4 Å². The van der Waals surface area contributed by atoms with E-state index < -0.39 is 0 Å². The lowest BCUT2D eigenvalue weighted by molar-refractivity contribution is 0.0724. The van der Waals surface area contributed by atoms with E-state index in [1.807, 2.05) is 13.1 Å². The molecule has 1 aliphatic heterocycles. The number of carbonyl (C=O) groups excluding carboxylic acids is 1. The molecule has 2 N–H and O–H groups in total. The average Bonchev–Trinajstić information content (AvgIpc) is 2.89. The van der Waals surface area contributed by atoms with Crippen molar-refractivity contribution in [3.63, 3.8) is 0 Å². The van der Waals surface area contributed by atoms with Gasteiger partial charge in [-0.25, -0.2) is 9.78 Å². The quantitative estimate of drug-likeness (QED) is 0.875. The fourth-order valence-corrected chi connectivity index (χ4v) is 3.58. The second-order valence-electron chi connectivity index (χ2n) is 6.91. The zero-order chi connectivity index (χ0) is 16.2. The summed E-state index contributed by atoms with van der Waals surface area (Å²) in [4.78, 5) is 19.9. The minimum Gasteiger partial charge on any atom is -0.336 e. The Morgan fingerprint density at radius 3 is 2.91 bits per heavy atom. The smallest absolute Gasteiger partial charge is 0.315 e. The molecular formula is C16H28N4OS. The van der Waals surface area contributed by atoms with Crippen LogP contribution in [-0.2, 0) is 6.54 Å². The fourth-order valence-electron chi connectivity index (χ4n) is 2.85. The molecule has 2 rings (SSSR count). The largest absolute Gasteiger partial charge is 0.336 e. The molecule has 1 unspecified atom stereocenters. The third-order valence-corrected chi connectivity index (χ3v) is 5.18. The lowest BCUT2D eigenvalue weighted by Crippen LogP contribution is -2.55. The Bertz CT molecular complexity index is 500. The number of carbonyl (C=O) groups is 1. The lowest BCUT2D eigenvalue weighted by Gasteiger charge is -2.43. The number of urea groups is 1. The summed E-state index contributed by atoms with van der Waals surface area (Å²) in [6, 6.07) is -0.119. The molecule has 2 heterocycles. The summed E-state index contributed by atoms with van der Waals surface area (Å²) < 4.78 is 0. The highest BCUT2D eigenvalue weighted by Gasteiger charge is 2.30. The first-order chi connectivity index (χ1) is 10.4. The number of hydrogen-bond donors (Lipinski definition) is 2. The highest BCUT2D eigenvalue weighted by molar-refractivity contribution is 7.11. The van der Waals surface area contributed by atoms with Crippen LogP contribution in [-0.4, -0.2) is 41.1 Å². The summed E-state index contributed by atoms with van der Waals surface area (Å²) in [5.41, 5.74) is -0.0101. The van der Waals surface area contributed by atoms with Crippen molar-refractivity contribution in [1.82, 2.24) is 20.5 Å². The van der Waals surface area contributed by atoms with E-state index in [1.165, 1.54) is 12.8 Å². The third-order valence-electron chi connectivity index (χ3n) is 4.26. The van der Waals surface area contributed by atoms with Crippen LogP contribution in [0.5, 0.6) is 0 Å². The predicted octanol–water partition coefficient (Wildman–Crippen LogP) is 2.76. The van der Waals surface area contributed by atoms with Crippen LogP contribution in [0.15, 0.2) is 6.20 Å². The van der Waals surface area contributed by atoms with Crippen LogP contribution in [0.1, 0.15) is 43.5 Å². The molecule has 0 radical (unpaired) electrons. The topological polar surface area (TPSA) is 57.3 Å². The van der Waals surface area contributed by atoms with Gasteiger partial charge in [-0.15, -0.1) is 11.3 Å². The first-order valence-corrected chi connectivity index (χ1v) is 8.86. The van der Waals surface area contributed by atoms with Gasteiger partial charge < -0.3 is 10.6 Å². The minimum absolute atomic E-state index is 0.0101. The zero-order valence-electron chi connectivity index (χ0n) is 14.1. The van der Waals surface area contributed by atoms with Crippen molar-refractivity contribution in [2.24, 2.45) is 5.92 Å². The van der Waals surface area contributed by atoms with Crippen molar-refractivity contribution in [1.29, 1.82) is 0 Å². The van der Waals surface area contributed by atoms with Gasteiger partial charge in [-0.3, -0.25) is 4.90 Å². The van der Waals surface area contributed by atoms with Gasteiger partial charge in [-0.2, -0.15) is 0 Å². The Kier molecular flexibility index (Phi) is 5.81. The number of aromatic nitrogens is 1. The maximum absolute atomic E-state index is 12.0. The van der Waals surface area contributed by atoms with E-state index in [-0.39, 0.29) is 11.6 Å². The molecule has 0 aromatic carbocycles. The number of rotatable bonds is 5. The van der Waals surface area contributed by atoms with Crippen molar-refractivity contribution in [3.05, 3.63) is 16.1 Å². The van der Waals surface area contributed by atoms with Crippen LogP contribution < -0.4 is 10.6 Å². The van der Waals surface area contributed by atoms with Gasteiger partial charge in [-0.05, 0) is 46.1 Å². The maximum atomic E-state index is 12.0. The molecular weight excluding hydrogens is 296 g/mol. The number of thiazole rings is 1. The zero-order valence-corrected chi connectivity index (χ0v) is 14.9. The van der Waals surface area contributed by atoms with Gasteiger partial charge in [0.1, 0.15) is 5.01 Å². The highest BCUT2D eigenvalue weighted by atomic mass is 32.1. The Morgan fingerprint density at radius 1 is 1.50 bits per heavy atom. The van der Waals surface area contributed by atoms with Crippen LogP contribution in [0.4, 0.5) is 4.79 Å². The molecule has 1 aliphatic rings. The van der Waals surface area contributed by atoms with Gasteiger partial charge >= 0.3 is 6.03 Å². The van der Waals surface area contributed by atoms with Crippen LogP contribution >= 0.6 is 11.3 Å². The number of amides is 2. The van der Waals surface area contributed by atoms with E-state index in [4.69, 9.17) is 0 Å². The lowest BCUT2D eigenvalue weighted by atomic mass is 9.93. The molecule has 22 heavy (non-hydrogen) atoms. The van der Waals surface area contributed by atoms with Crippen molar-refractivity contribution < 1.29 is 4.79 Å². The Hall–Kier alpha value is -1.14. The molecule has 0 aliphatic carbocycles. The van der Waals surface area contributed by atoms with Gasteiger partial charge in [0, 0.05) is 29.7 Å². The third kappa shape index (κ3) is 4.95. The molecule has 1 fully saturated rings. The highest BCUT2D eigenvalue weighted by Crippen LogP contribution is 2.23. The van der Waals surface area contributed by atoms with E-state index >= 15 is 0 Å². The number of aryl methyl sites for hydroxylation is 1. The molecule has 1 aromatic rings. The second-order valence-corrected chi connectivity index (χ2v) is 8.23. The van der Waals surface area contributed by atoms with E-state index in [0.29, 0.717) is 13.1 Å². The first-order valence-electron chi connectivity index (χ1n) is 8.05. The van der Waals surface area contributed by atoms with E-state index in [9.17, 15) is 4.79 Å². The van der Waals surface area contributed by atoms with Crippen LogP contribution in [0.25, 0.3) is 0 Å². The summed E-state index contributed by atoms with van der Waals surface area (Å²) in [5.74, 6) is 0.745. The second kappa shape index (κ2) is 7.42. The molecule has 0 saturated carbocycles. The van der Waals surface area contributed by atoms with Gasteiger partial charge in [0.25, 0.3) is 0 Å². The first kappa shape index (κ1) is 17.2. The minimum atomic E-state index is -0.119. The standard InChI is InChI=1S/C16H28N4OS/c1-12-6-5-7-20(10-12)16(3,4)11-19-15(21)18-9-14-17-8-13(2)22-14/h8,12H,5-7,9-11H2,1-4H3,(H2,18,19,21). The van der Waals surface area contributed by atoms with Gasteiger partial charge in [0.2, 0.25) is 0 Å². The SMILES string of the molecule is Cc1cnc(CNC(=O)NCC(C)(C)N2CCCC(C)C2)s1.